The van der Waals surface area contributed by atoms with Crippen molar-refractivity contribution in [2.45, 2.75) is 12.5 Å². The van der Waals surface area contributed by atoms with Crippen LogP contribution in [-0.4, -0.2) is 40.2 Å². The molecule has 104 valence electrons. The maximum Gasteiger partial charge on any atom is 0.271 e. The highest BCUT2D eigenvalue weighted by atomic mass is 35.5. The van der Waals surface area contributed by atoms with Crippen LogP contribution >= 0.6 is 11.6 Å². The molecule has 1 aliphatic rings. The second-order valence-electron chi connectivity index (χ2n) is 4.71. The summed E-state index contributed by atoms with van der Waals surface area (Å²) in [6, 6.07) is 8.97. The molecule has 0 aliphatic carbocycles. The van der Waals surface area contributed by atoms with Crippen LogP contribution in [0.25, 0.3) is 0 Å². The molecule has 1 unspecified atom stereocenters. The van der Waals surface area contributed by atoms with Gasteiger partial charge in [0.15, 0.2) is 0 Å². The minimum atomic E-state index is -0.0419. The molecular weight excluding hydrogens is 278 g/mol. The molecule has 0 spiro atoms. The highest BCUT2D eigenvalue weighted by Gasteiger charge is 2.28. The predicted molar refractivity (Wildman–Crippen MR) is 75.0 cm³/mol. The van der Waals surface area contributed by atoms with Gasteiger partial charge in [-0.25, -0.2) is 0 Å². The van der Waals surface area contributed by atoms with Gasteiger partial charge >= 0.3 is 0 Å². The summed E-state index contributed by atoms with van der Waals surface area (Å²) in [6.07, 6.45) is 2.38. The van der Waals surface area contributed by atoms with Gasteiger partial charge in [-0.2, -0.15) is 5.10 Å². The Bertz CT molecular complexity index is 600. The summed E-state index contributed by atoms with van der Waals surface area (Å²) in [5, 5.41) is 7.12. The van der Waals surface area contributed by atoms with Gasteiger partial charge in [0.2, 0.25) is 0 Å². The molecule has 20 heavy (non-hydrogen) atoms. The van der Waals surface area contributed by atoms with E-state index in [1.54, 1.807) is 29.3 Å². The number of likely N-dealkylation sites (tertiary alicyclic amines) is 1. The van der Waals surface area contributed by atoms with Gasteiger partial charge in [-0.05, 0) is 24.3 Å². The summed E-state index contributed by atoms with van der Waals surface area (Å²) in [6.45, 7) is 1.26. The van der Waals surface area contributed by atoms with E-state index in [1.165, 1.54) is 0 Å². The third-order valence-electron chi connectivity index (χ3n) is 3.26. The normalized spacial score (nSPS) is 18.2. The summed E-state index contributed by atoms with van der Waals surface area (Å²) in [5.74, 6) is 0.693. The Morgan fingerprint density at radius 1 is 1.45 bits per heavy atom. The van der Waals surface area contributed by atoms with Crippen LogP contribution in [0, 0.1) is 0 Å². The monoisotopic (exact) mass is 291 g/mol. The maximum atomic E-state index is 12.1. The van der Waals surface area contributed by atoms with Crippen molar-refractivity contribution in [2.24, 2.45) is 0 Å². The lowest BCUT2D eigenvalue weighted by Crippen LogP contribution is -2.31. The minimum Gasteiger partial charge on any atom is -0.488 e. The topological polar surface area (TPSA) is 58.2 Å². The number of nitrogens with zero attached hydrogens (tertiary/aromatic N) is 2. The quantitative estimate of drug-likeness (QED) is 0.944. The zero-order chi connectivity index (χ0) is 13.9. The van der Waals surface area contributed by atoms with Gasteiger partial charge in [-0.15, -0.1) is 0 Å². The number of carbonyl (C=O) groups excluding carboxylic acids is 1. The van der Waals surface area contributed by atoms with Gasteiger partial charge in [0.05, 0.1) is 6.54 Å². The molecule has 1 saturated heterocycles. The van der Waals surface area contributed by atoms with Crippen LogP contribution in [0.15, 0.2) is 36.5 Å². The predicted octanol–water partition coefficient (Wildman–Crippen LogP) is 2.36. The second kappa shape index (κ2) is 5.54. The zero-order valence-electron chi connectivity index (χ0n) is 10.8. The molecule has 0 radical (unpaired) electrons. The molecule has 1 fully saturated rings. The number of benzene rings is 1. The fraction of sp³-hybridized carbons (Fsp3) is 0.286. The first kappa shape index (κ1) is 13.0. The molecule has 2 heterocycles. The molecule has 1 N–H and O–H groups in total. The van der Waals surface area contributed by atoms with Crippen molar-refractivity contribution in [1.29, 1.82) is 0 Å². The first-order valence-corrected chi connectivity index (χ1v) is 6.81. The van der Waals surface area contributed by atoms with Crippen LogP contribution in [0.1, 0.15) is 16.9 Å². The van der Waals surface area contributed by atoms with E-state index in [-0.39, 0.29) is 12.0 Å². The molecule has 2 aromatic rings. The van der Waals surface area contributed by atoms with Crippen molar-refractivity contribution < 1.29 is 9.53 Å². The van der Waals surface area contributed by atoms with Crippen molar-refractivity contribution >= 4 is 17.5 Å². The Kier molecular flexibility index (Phi) is 3.60. The van der Waals surface area contributed by atoms with Crippen LogP contribution in [0.2, 0.25) is 5.02 Å². The lowest BCUT2D eigenvalue weighted by Gasteiger charge is -2.16. The number of rotatable bonds is 3. The Morgan fingerprint density at radius 3 is 3.10 bits per heavy atom. The molecule has 1 aromatic heterocycles. The van der Waals surface area contributed by atoms with Crippen LogP contribution in [0.4, 0.5) is 0 Å². The number of H-pyrrole nitrogens is 1. The molecule has 3 rings (SSSR count). The first-order chi connectivity index (χ1) is 9.72. The molecule has 1 amide bonds. The van der Waals surface area contributed by atoms with E-state index in [1.807, 2.05) is 12.1 Å². The van der Waals surface area contributed by atoms with E-state index in [2.05, 4.69) is 10.2 Å². The van der Waals surface area contributed by atoms with Crippen LogP contribution in [0.3, 0.4) is 0 Å². The molecule has 1 atom stereocenters. The van der Waals surface area contributed by atoms with Crippen molar-refractivity contribution in [1.82, 2.24) is 15.1 Å². The van der Waals surface area contributed by atoms with E-state index < -0.39 is 0 Å². The fourth-order valence-electron chi connectivity index (χ4n) is 2.29. The van der Waals surface area contributed by atoms with Gasteiger partial charge in [-0.1, -0.05) is 17.7 Å². The smallest absolute Gasteiger partial charge is 0.271 e. The van der Waals surface area contributed by atoms with Crippen molar-refractivity contribution in [2.75, 3.05) is 13.1 Å². The summed E-state index contributed by atoms with van der Waals surface area (Å²) in [4.78, 5) is 13.9. The van der Waals surface area contributed by atoms with Crippen LogP contribution in [0.5, 0.6) is 5.75 Å². The average Bonchev–Trinajstić information content (AvgIpc) is 3.09. The summed E-state index contributed by atoms with van der Waals surface area (Å²) in [7, 11) is 0. The first-order valence-electron chi connectivity index (χ1n) is 6.43. The third kappa shape index (κ3) is 2.77. The molecular formula is C14H14ClN3O2. The standard InChI is InChI=1S/C14H14ClN3O2/c15-10-2-1-3-11(8-10)20-12-5-7-18(9-12)14(19)13-4-6-16-17-13/h1-4,6,8,12H,5,7,9H2,(H,16,17). The lowest BCUT2D eigenvalue weighted by molar-refractivity contribution is 0.0766. The minimum absolute atomic E-state index is 0.000313. The fourth-order valence-corrected chi connectivity index (χ4v) is 2.47. The number of ether oxygens (including phenoxy) is 1. The molecule has 6 heteroatoms. The number of carbonyl (C=O) groups is 1. The third-order valence-corrected chi connectivity index (χ3v) is 3.50. The highest BCUT2D eigenvalue weighted by molar-refractivity contribution is 6.30. The maximum absolute atomic E-state index is 12.1. The van der Waals surface area contributed by atoms with Gasteiger partial charge in [0.1, 0.15) is 17.5 Å². The van der Waals surface area contributed by atoms with Crippen molar-refractivity contribution in [3.63, 3.8) is 0 Å². The number of aromatic amines is 1. The number of amides is 1. The largest absolute Gasteiger partial charge is 0.488 e. The van der Waals surface area contributed by atoms with E-state index in [0.29, 0.717) is 23.8 Å². The summed E-state index contributed by atoms with van der Waals surface area (Å²) < 4.78 is 5.85. The van der Waals surface area contributed by atoms with E-state index >= 15 is 0 Å². The average molecular weight is 292 g/mol. The van der Waals surface area contributed by atoms with E-state index in [4.69, 9.17) is 16.3 Å². The van der Waals surface area contributed by atoms with Gasteiger partial charge < -0.3 is 9.64 Å². The van der Waals surface area contributed by atoms with Crippen LogP contribution in [-0.2, 0) is 0 Å². The number of aromatic nitrogens is 2. The SMILES string of the molecule is O=C(c1ccn[nH]1)N1CCC(Oc2cccc(Cl)c2)C1. The lowest BCUT2D eigenvalue weighted by atomic mass is 10.3. The molecule has 0 bridgehead atoms. The Hall–Kier alpha value is -2.01. The molecule has 1 aromatic carbocycles. The number of hydrogen-bond acceptors (Lipinski definition) is 3. The Balaban J connectivity index is 1.61. The number of halogens is 1. The molecule has 0 saturated carbocycles. The number of hydrogen-bond donors (Lipinski definition) is 1. The summed E-state index contributed by atoms with van der Waals surface area (Å²) in [5.41, 5.74) is 0.508. The Morgan fingerprint density at radius 2 is 2.35 bits per heavy atom. The Labute approximate surface area is 121 Å². The van der Waals surface area contributed by atoms with Crippen molar-refractivity contribution in [3.8, 4) is 5.75 Å². The molecule has 5 nitrogen and oxygen atoms in total. The second-order valence-corrected chi connectivity index (χ2v) is 5.14. The number of nitrogens with one attached hydrogen (secondary N) is 1. The van der Waals surface area contributed by atoms with Gasteiger partial charge in [0, 0.05) is 24.2 Å². The van der Waals surface area contributed by atoms with Gasteiger partial charge in [-0.3, -0.25) is 9.89 Å². The highest BCUT2D eigenvalue weighted by Crippen LogP contribution is 2.22. The van der Waals surface area contributed by atoms with E-state index in [9.17, 15) is 4.79 Å². The van der Waals surface area contributed by atoms with Gasteiger partial charge in [0.25, 0.3) is 5.91 Å². The molecule has 1 aliphatic heterocycles. The summed E-state index contributed by atoms with van der Waals surface area (Å²) >= 11 is 5.92. The van der Waals surface area contributed by atoms with Crippen LogP contribution < -0.4 is 4.74 Å². The van der Waals surface area contributed by atoms with Crippen molar-refractivity contribution in [3.05, 3.63) is 47.2 Å². The van der Waals surface area contributed by atoms with E-state index in [0.717, 1.165) is 12.2 Å². The zero-order valence-corrected chi connectivity index (χ0v) is 11.5.